The van der Waals surface area contributed by atoms with E-state index in [1.807, 2.05) is 6.07 Å². The fourth-order valence-electron chi connectivity index (χ4n) is 3.57. The number of carbonyl (C=O) groups excluding carboxylic acids is 1. The van der Waals surface area contributed by atoms with Gasteiger partial charge in [-0.3, -0.25) is 19.8 Å². The van der Waals surface area contributed by atoms with E-state index in [9.17, 15) is 14.9 Å². The highest BCUT2D eigenvalue weighted by atomic mass is 35.5. The molecule has 2 aromatic carbocycles. The second-order valence-corrected chi connectivity index (χ2v) is 8.78. The molecule has 1 aliphatic heterocycles. The molecule has 0 saturated carbocycles. The standard InChI is InChI=1S/C22H23ClN4O5S/c1-3-25(4-2)7-8-26(21(28)15-11-14(27(29)30)5-6-16(15)23)22-24-17-12-18-19(13-20(17)33-22)32-10-9-31-18/h5-6,11-13H,3-4,7-10H2,1-2H3. The van der Waals surface area contributed by atoms with Crippen molar-refractivity contribution in [2.45, 2.75) is 13.8 Å². The van der Waals surface area contributed by atoms with Crippen LogP contribution in [-0.4, -0.2) is 60.1 Å². The molecule has 0 unspecified atom stereocenters. The molecule has 0 spiro atoms. The molecule has 0 saturated heterocycles. The van der Waals surface area contributed by atoms with Gasteiger partial charge in [0.25, 0.3) is 11.6 Å². The smallest absolute Gasteiger partial charge is 0.270 e. The van der Waals surface area contributed by atoms with E-state index >= 15 is 0 Å². The van der Waals surface area contributed by atoms with Crippen LogP contribution in [0.4, 0.5) is 10.8 Å². The Hall–Kier alpha value is -2.95. The predicted octanol–water partition coefficient (Wildman–Crippen LogP) is 4.62. The Kier molecular flexibility index (Phi) is 6.96. The number of rotatable bonds is 8. The van der Waals surface area contributed by atoms with Gasteiger partial charge in [0.05, 0.1) is 25.7 Å². The van der Waals surface area contributed by atoms with Gasteiger partial charge in [0, 0.05) is 37.4 Å². The van der Waals surface area contributed by atoms with Crippen LogP contribution in [0.5, 0.6) is 11.5 Å². The molecule has 1 aromatic heterocycles. The van der Waals surface area contributed by atoms with Gasteiger partial charge in [0.1, 0.15) is 13.2 Å². The van der Waals surface area contributed by atoms with E-state index in [0.717, 1.165) is 17.8 Å². The number of halogens is 1. The molecular weight excluding hydrogens is 468 g/mol. The quantitative estimate of drug-likeness (QED) is 0.335. The Bertz CT molecular complexity index is 1150. The first-order valence-electron chi connectivity index (χ1n) is 10.6. The number of non-ortho nitro benzene ring substituents is 1. The maximum absolute atomic E-state index is 13.6. The summed E-state index contributed by atoms with van der Waals surface area (Å²) in [5, 5.41) is 11.9. The van der Waals surface area contributed by atoms with Crippen molar-refractivity contribution < 1.29 is 19.2 Å². The summed E-state index contributed by atoms with van der Waals surface area (Å²) < 4.78 is 12.2. The molecule has 33 heavy (non-hydrogen) atoms. The number of hydrogen-bond donors (Lipinski definition) is 0. The van der Waals surface area contributed by atoms with Crippen LogP contribution in [-0.2, 0) is 0 Å². The number of nitro benzene ring substituents is 1. The van der Waals surface area contributed by atoms with Gasteiger partial charge >= 0.3 is 0 Å². The highest BCUT2D eigenvalue weighted by molar-refractivity contribution is 7.22. The molecule has 1 aliphatic rings. The fraction of sp³-hybridized carbons (Fsp3) is 0.364. The molecule has 9 nitrogen and oxygen atoms in total. The monoisotopic (exact) mass is 490 g/mol. The number of benzene rings is 2. The molecule has 3 aromatic rings. The van der Waals surface area contributed by atoms with Gasteiger partial charge in [-0.2, -0.15) is 0 Å². The molecule has 0 bridgehead atoms. The van der Waals surface area contributed by atoms with Crippen molar-refractivity contribution in [3.63, 3.8) is 0 Å². The van der Waals surface area contributed by atoms with Crippen molar-refractivity contribution in [3.8, 4) is 11.5 Å². The van der Waals surface area contributed by atoms with Gasteiger partial charge in [-0.25, -0.2) is 4.98 Å². The zero-order chi connectivity index (χ0) is 23.5. The number of likely N-dealkylation sites (N-methyl/N-ethyl adjacent to an activating group) is 1. The Morgan fingerprint density at radius 2 is 1.85 bits per heavy atom. The predicted molar refractivity (Wildman–Crippen MR) is 128 cm³/mol. The molecule has 174 valence electrons. The van der Waals surface area contributed by atoms with Crippen LogP contribution in [0, 0.1) is 10.1 Å². The molecule has 0 N–H and O–H groups in total. The SMILES string of the molecule is CCN(CC)CCN(C(=O)c1cc([N+](=O)[O-])ccc1Cl)c1nc2cc3c(cc2s1)OCCO3. The van der Waals surface area contributed by atoms with Gasteiger partial charge in [-0.1, -0.05) is 36.8 Å². The first-order chi connectivity index (χ1) is 15.9. The second-order valence-electron chi connectivity index (χ2n) is 7.36. The number of ether oxygens (including phenoxy) is 2. The van der Waals surface area contributed by atoms with E-state index in [0.29, 0.717) is 48.5 Å². The topological polar surface area (TPSA) is 98.0 Å². The Morgan fingerprint density at radius 3 is 2.52 bits per heavy atom. The lowest BCUT2D eigenvalue weighted by Crippen LogP contribution is -2.39. The zero-order valence-corrected chi connectivity index (χ0v) is 19.8. The number of carbonyl (C=O) groups is 1. The number of nitrogens with zero attached hydrogens (tertiary/aromatic N) is 4. The summed E-state index contributed by atoms with van der Waals surface area (Å²) in [6.07, 6.45) is 0. The minimum absolute atomic E-state index is 0.0654. The van der Waals surface area contributed by atoms with Crippen LogP contribution < -0.4 is 14.4 Å². The van der Waals surface area contributed by atoms with Gasteiger partial charge in [-0.05, 0) is 19.2 Å². The zero-order valence-electron chi connectivity index (χ0n) is 18.2. The third-order valence-corrected chi connectivity index (χ3v) is 6.81. The van der Waals surface area contributed by atoms with E-state index in [-0.39, 0.29) is 16.3 Å². The van der Waals surface area contributed by atoms with E-state index in [1.54, 1.807) is 6.07 Å². The lowest BCUT2D eigenvalue weighted by molar-refractivity contribution is -0.384. The third-order valence-electron chi connectivity index (χ3n) is 5.44. The molecule has 1 amide bonds. The summed E-state index contributed by atoms with van der Waals surface area (Å²) in [5.41, 5.74) is 0.554. The Morgan fingerprint density at radius 1 is 1.15 bits per heavy atom. The van der Waals surface area contributed by atoms with Crippen molar-refractivity contribution in [3.05, 3.63) is 51.0 Å². The molecule has 2 heterocycles. The van der Waals surface area contributed by atoms with Crippen molar-refractivity contribution in [2.75, 3.05) is 44.3 Å². The maximum Gasteiger partial charge on any atom is 0.270 e. The first-order valence-corrected chi connectivity index (χ1v) is 11.8. The van der Waals surface area contributed by atoms with Crippen LogP contribution in [0.2, 0.25) is 5.02 Å². The van der Waals surface area contributed by atoms with E-state index in [4.69, 9.17) is 21.1 Å². The number of aromatic nitrogens is 1. The van der Waals surface area contributed by atoms with Crippen molar-refractivity contribution in [1.82, 2.24) is 9.88 Å². The minimum atomic E-state index is -0.546. The van der Waals surface area contributed by atoms with Gasteiger partial charge in [-0.15, -0.1) is 0 Å². The van der Waals surface area contributed by atoms with E-state index in [2.05, 4.69) is 23.7 Å². The van der Waals surface area contributed by atoms with Gasteiger partial charge in [0.15, 0.2) is 16.6 Å². The number of fused-ring (bicyclic) bond motifs is 2. The third kappa shape index (κ3) is 4.87. The Balaban J connectivity index is 1.74. The number of amides is 1. The van der Waals surface area contributed by atoms with E-state index < -0.39 is 10.8 Å². The molecule has 11 heteroatoms. The van der Waals surface area contributed by atoms with Crippen LogP contribution >= 0.6 is 22.9 Å². The van der Waals surface area contributed by atoms with Crippen molar-refractivity contribution in [1.29, 1.82) is 0 Å². The van der Waals surface area contributed by atoms with Crippen LogP contribution in [0.1, 0.15) is 24.2 Å². The number of thiazole rings is 1. The molecule has 0 aliphatic carbocycles. The first kappa shape index (κ1) is 23.2. The average molecular weight is 491 g/mol. The lowest BCUT2D eigenvalue weighted by Gasteiger charge is -2.25. The number of anilines is 1. The normalized spacial score (nSPS) is 12.8. The van der Waals surface area contributed by atoms with Crippen molar-refractivity contribution >= 4 is 49.9 Å². The Labute approximate surface area is 199 Å². The highest BCUT2D eigenvalue weighted by Gasteiger charge is 2.26. The molecule has 4 rings (SSSR count). The highest BCUT2D eigenvalue weighted by Crippen LogP contribution is 2.39. The van der Waals surface area contributed by atoms with Crippen LogP contribution in [0.15, 0.2) is 30.3 Å². The van der Waals surface area contributed by atoms with E-state index in [1.165, 1.54) is 34.4 Å². The minimum Gasteiger partial charge on any atom is -0.486 e. The largest absolute Gasteiger partial charge is 0.486 e. The average Bonchev–Trinajstić information content (AvgIpc) is 3.22. The molecular formula is C22H23ClN4O5S. The van der Waals surface area contributed by atoms with Crippen molar-refractivity contribution in [2.24, 2.45) is 0 Å². The van der Waals surface area contributed by atoms with Crippen LogP contribution in [0.3, 0.4) is 0 Å². The van der Waals surface area contributed by atoms with Gasteiger partial charge in [0.2, 0.25) is 0 Å². The number of nitro groups is 1. The summed E-state index contributed by atoms with van der Waals surface area (Å²) >= 11 is 7.63. The lowest BCUT2D eigenvalue weighted by atomic mass is 10.1. The second kappa shape index (κ2) is 9.90. The summed E-state index contributed by atoms with van der Waals surface area (Å²) in [5.74, 6) is 0.826. The molecule has 0 radical (unpaired) electrons. The summed E-state index contributed by atoms with van der Waals surface area (Å²) in [4.78, 5) is 32.7. The summed E-state index contributed by atoms with van der Waals surface area (Å²) in [6, 6.07) is 7.52. The number of hydrogen-bond acceptors (Lipinski definition) is 8. The fourth-order valence-corrected chi connectivity index (χ4v) is 4.77. The van der Waals surface area contributed by atoms with Crippen LogP contribution in [0.25, 0.3) is 10.2 Å². The summed E-state index contributed by atoms with van der Waals surface area (Å²) in [6.45, 7) is 7.68. The molecule has 0 atom stereocenters. The maximum atomic E-state index is 13.6. The van der Waals surface area contributed by atoms with Gasteiger partial charge < -0.3 is 14.4 Å². The molecule has 0 fully saturated rings. The summed E-state index contributed by atoms with van der Waals surface area (Å²) in [7, 11) is 0.